The number of allylic oxidation sites excluding steroid dienone is 4. The van der Waals surface area contributed by atoms with Gasteiger partial charge < -0.3 is 0 Å². The van der Waals surface area contributed by atoms with E-state index in [1.54, 1.807) is 0 Å². The number of hydrogen-bond acceptors (Lipinski definition) is 3. The Kier molecular flexibility index (Phi) is 7.21. The van der Waals surface area contributed by atoms with E-state index in [0.29, 0.717) is 5.82 Å². The third-order valence-electron chi connectivity index (χ3n) is 11.7. The maximum absolute atomic E-state index is 5.36. The van der Waals surface area contributed by atoms with Crippen LogP contribution in [0, 0.1) is 0 Å². The van der Waals surface area contributed by atoms with Gasteiger partial charge in [-0.2, -0.15) is 0 Å². The minimum atomic E-state index is -0.357. The van der Waals surface area contributed by atoms with E-state index in [2.05, 4.69) is 175 Å². The van der Waals surface area contributed by atoms with Crippen molar-refractivity contribution in [2.24, 2.45) is 0 Å². The van der Waals surface area contributed by atoms with Crippen LogP contribution in [-0.4, -0.2) is 15.0 Å². The summed E-state index contributed by atoms with van der Waals surface area (Å²) in [7, 11) is 0. The van der Waals surface area contributed by atoms with Crippen LogP contribution < -0.4 is 0 Å². The number of aromatic nitrogens is 3. The predicted molar refractivity (Wildman–Crippen MR) is 224 cm³/mol. The van der Waals surface area contributed by atoms with E-state index in [0.717, 1.165) is 52.0 Å². The van der Waals surface area contributed by atoms with Crippen molar-refractivity contribution in [3.63, 3.8) is 0 Å². The number of nitrogens with zero attached hydrogens (tertiary/aromatic N) is 3. The Bertz CT molecular complexity index is 2800. The highest BCUT2D eigenvalue weighted by Gasteiger charge is 2.52. The van der Waals surface area contributed by atoms with Gasteiger partial charge in [-0.1, -0.05) is 152 Å². The van der Waals surface area contributed by atoms with Crippen molar-refractivity contribution >= 4 is 5.57 Å². The van der Waals surface area contributed by atoms with Crippen molar-refractivity contribution in [3.8, 4) is 67.3 Å². The van der Waals surface area contributed by atoms with Crippen molar-refractivity contribution in [2.45, 2.75) is 18.3 Å². The maximum Gasteiger partial charge on any atom is 0.160 e. The Balaban J connectivity index is 1.11. The highest BCUT2D eigenvalue weighted by molar-refractivity contribution is 5.97. The Morgan fingerprint density at radius 2 is 1.07 bits per heavy atom. The normalized spacial score (nSPS) is 14.4. The first-order chi connectivity index (χ1) is 27.3. The molecule has 0 bridgehead atoms. The number of rotatable bonds is 5. The van der Waals surface area contributed by atoms with Crippen molar-refractivity contribution in [1.29, 1.82) is 0 Å². The van der Waals surface area contributed by atoms with Crippen LogP contribution in [0.5, 0.6) is 0 Å². The summed E-state index contributed by atoms with van der Waals surface area (Å²) in [4.78, 5) is 15.1. The third kappa shape index (κ3) is 4.93. The standard InChI is InChI=1S/C52H35N3/c1-2-12-34(13-3-1)35-23-25-36(26-24-35)49-32-50(38-15-10-14-37(30-38)40-16-11-29-53-33-40)55-51(54-49)39-27-28-44-43-19-6-9-22-47(43)52(48(44)31-39)45-20-7-4-17-41(45)42-18-5-8-21-46(42)52/h1-8,10-21,23-33H,9,22H2. The lowest BCUT2D eigenvalue weighted by atomic mass is 9.68. The number of pyridine rings is 1. The van der Waals surface area contributed by atoms with Crippen LogP contribution in [0.1, 0.15) is 35.1 Å². The van der Waals surface area contributed by atoms with Crippen molar-refractivity contribution in [3.05, 3.63) is 216 Å². The van der Waals surface area contributed by atoms with Crippen LogP contribution in [0.15, 0.2) is 194 Å². The van der Waals surface area contributed by atoms with Crippen LogP contribution in [-0.2, 0) is 5.41 Å². The zero-order valence-corrected chi connectivity index (χ0v) is 30.2. The van der Waals surface area contributed by atoms with E-state index in [4.69, 9.17) is 9.97 Å². The van der Waals surface area contributed by atoms with Crippen molar-refractivity contribution in [1.82, 2.24) is 15.0 Å². The third-order valence-corrected chi connectivity index (χ3v) is 11.7. The molecule has 2 aromatic heterocycles. The molecule has 258 valence electrons. The van der Waals surface area contributed by atoms with Crippen molar-refractivity contribution < 1.29 is 0 Å². The molecule has 3 heteroatoms. The van der Waals surface area contributed by atoms with E-state index < -0.39 is 0 Å². The summed E-state index contributed by atoms with van der Waals surface area (Å²) in [6.07, 6.45) is 10.5. The van der Waals surface area contributed by atoms with Gasteiger partial charge in [0.1, 0.15) is 0 Å². The van der Waals surface area contributed by atoms with Crippen LogP contribution in [0.3, 0.4) is 0 Å². The number of fused-ring (bicyclic) bond motifs is 9. The van der Waals surface area contributed by atoms with Gasteiger partial charge >= 0.3 is 0 Å². The van der Waals surface area contributed by atoms with Gasteiger partial charge in [-0.15, -0.1) is 0 Å². The monoisotopic (exact) mass is 701 g/mol. The van der Waals surface area contributed by atoms with E-state index in [1.807, 2.05) is 18.5 Å². The smallest absolute Gasteiger partial charge is 0.160 e. The van der Waals surface area contributed by atoms with Gasteiger partial charge in [0.05, 0.1) is 16.8 Å². The SMILES string of the molecule is C1=CC2=C(CC1)C1(c3cc(-c4nc(-c5ccc(-c6ccccc6)cc5)cc(-c5cccc(-c6cccnc6)c5)n4)ccc32)c2ccccc2-c2ccccc21. The predicted octanol–water partition coefficient (Wildman–Crippen LogP) is 12.6. The molecule has 6 aromatic carbocycles. The molecule has 3 aliphatic carbocycles. The fraction of sp³-hybridized carbons (Fsp3) is 0.0577. The summed E-state index contributed by atoms with van der Waals surface area (Å²) in [6.45, 7) is 0. The van der Waals surface area contributed by atoms with E-state index in [1.165, 1.54) is 55.7 Å². The van der Waals surface area contributed by atoms with Crippen LogP contribution in [0.25, 0.3) is 72.9 Å². The summed E-state index contributed by atoms with van der Waals surface area (Å²) in [6, 6.07) is 59.0. The largest absolute Gasteiger partial charge is 0.264 e. The second-order valence-electron chi connectivity index (χ2n) is 14.7. The van der Waals surface area contributed by atoms with Gasteiger partial charge in [-0.25, -0.2) is 9.97 Å². The molecule has 3 nitrogen and oxygen atoms in total. The summed E-state index contributed by atoms with van der Waals surface area (Å²) < 4.78 is 0. The fourth-order valence-corrected chi connectivity index (χ4v) is 9.28. The first-order valence-electron chi connectivity index (χ1n) is 19.1. The molecule has 1 spiro atoms. The molecule has 0 radical (unpaired) electrons. The number of hydrogen-bond donors (Lipinski definition) is 0. The molecule has 0 fully saturated rings. The molecular weight excluding hydrogens is 667 g/mol. The molecule has 0 unspecified atom stereocenters. The van der Waals surface area contributed by atoms with Crippen molar-refractivity contribution in [2.75, 3.05) is 0 Å². The van der Waals surface area contributed by atoms with Crippen LogP contribution in [0.4, 0.5) is 0 Å². The Morgan fingerprint density at radius 3 is 1.84 bits per heavy atom. The van der Waals surface area contributed by atoms with E-state index in [9.17, 15) is 0 Å². The highest BCUT2D eigenvalue weighted by Crippen LogP contribution is 2.63. The average Bonchev–Trinajstić information content (AvgIpc) is 3.74. The molecule has 0 saturated carbocycles. The zero-order chi connectivity index (χ0) is 36.3. The lowest BCUT2D eigenvalue weighted by Gasteiger charge is -2.33. The second kappa shape index (κ2) is 12.6. The van der Waals surface area contributed by atoms with E-state index >= 15 is 0 Å². The molecule has 0 saturated heterocycles. The first-order valence-corrected chi connectivity index (χ1v) is 19.1. The lowest BCUT2D eigenvalue weighted by molar-refractivity contribution is 0.714. The Morgan fingerprint density at radius 1 is 0.436 bits per heavy atom. The molecule has 0 N–H and O–H groups in total. The van der Waals surface area contributed by atoms with Gasteiger partial charge in [-0.05, 0) is 98.3 Å². The summed E-state index contributed by atoms with van der Waals surface area (Å²) in [5.41, 5.74) is 19.9. The molecule has 2 heterocycles. The highest BCUT2D eigenvalue weighted by atomic mass is 14.9. The van der Waals surface area contributed by atoms with E-state index in [-0.39, 0.29) is 5.41 Å². The average molecular weight is 702 g/mol. The maximum atomic E-state index is 5.36. The molecule has 11 rings (SSSR count). The molecule has 8 aromatic rings. The van der Waals surface area contributed by atoms with Gasteiger partial charge in [0.25, 0.3) is 0 Å². The van der Waals surface area contributed by atoms with Crippen LogP contribution in [0.2, 0.25) is 0 Å². The van der Waals surface area contributed by atoms with Gasteiger partial charge in [0, 0.05) is 34.6 Å². The molecule has 0 amide bonds. The molecule has 0 atom stereocenters. The minimum absolute atomic E-state index is 0.357. The summed E-state index contributed by atoms with van der Waals surface area (Å²) >= 11 is 0. The van der Waals surface area contributed by atoms with Gasteiger partial charge in [-0.3, -0.25) is 4.98 Å². The number of benzene rings is 6. The summed E-state index contributed by atoms with van der Waals surface area (Å²) in [5, 5.41) is 0. The Labute approximate surface area is 321 Å². The summed E-state index contributed by atoms with van der Waals surface area (Å²) in [5.74, 6) is 0.712. The topological polar surface area (TPSA) is 38.7 Å². The first kappa shape index (κ1) is 31.5. The quantitative estimate of drug-likeness (QED) is 0.179. The molecule has 0 aliphatic heterocycles. The Hall–Kier alpha value is -6.97. The molecule has 55 heavy (non-hydrogen) atoms. The lowest BCUT2D eigenvalue weighted by Crippen LogP contribution is -2.27. The fourth-order valence-electron chi connectivity index (χ4n) is 9.28. The second-order valence-corrected chi connectivity index (χ2v) is 14.7. The van der Waals surface area contributed by atoms with Gasteiger partial charge in [0.15, 0.2) is 5.82 Å². The van der Waals surface area contributed by atoms with Gasteiger partial charge in [0.2, 0.25) is 0 Å². The molecule has 3 aliphatic rings. The zero-order valence-electron chi connectivity index (χ0n) is 30.2. The van der Waals surface area contributed by atoms with Crippen LogP contribution >= 0.6 is 0 Å². The molecular formula is C52H35N3. The minimum Gasteiger partial charge on any atom is -0.264 e.